The molecule has 1 saturated carbocycles. The number of alkyl carbamates (subject to hydrolysis) is 1. The lowest BCUT2D eigenvalue weighted by atomic mass is 9.77. The Hall–Kier alpha value is -5.87. The van der Waals surface area contributed by atoms with E-state index in [2.05, 4.69) is 20.9 Å². The number of carbonyl (C=O) groups excluding carboxylic acids is 5. The highest BCUT2D eigenvalue weighted by molar-refractivity contribution is 6.01. The molecule has 67 heavy (non-hydrogen) atoms. The van der Waals surface area contributed by atoms with Crippen molar-refractivity contribution in [2.24, 2.45) is 22.7 Å². The number of aliphatic imine (C=N–C) groups is 1. The number of fused-ring (bicyclic) bond motifs is 1. The Balaban J connectivity index is 1.12. The quantitative estimate of drug-likeness (QED) is 0.144. The Morgan fingerprint density at radius 1 is 0.821 bits per heavy atom. The van der Waals surface area contributed by atoms with E-state index >= 15 is 0 Å². The first-order chi connectivity index (χ1) is 31.2. The number of anilines is 1. The van der Waals surface area contributed by atoms with Gasteiger partial charge in [0.2, 0.25) is 5.91 Å². The lowest BCUT2D eigenvalue weighted by molar-refractivity contribution is -0.249. The summed E-state index contributed by atoms with van der Waals surface area (Å²) < 4.78 is 78.5. The van der Waals surface area contributed by atoms with Gasteiger partial charge in [-0.05, 0) is 145 Å². The molecular weight excluding hydrogens is 878 g/mol. The molecular formula is C50H60F5N5O7. The number of hydrogen-bond acceptors (Lipinski definition) is 8. The van der Waals surface area contributed by atoms with Gasteiger partial charge in [-0.3, -0.25) is 19.4 Å². The predicted molar refractivity (Wildman–Crippen MR) is 244 cm³/mol. The summed E-state index contributed by atoms with van der Waals surface area (Å²) in [6.07, 6.45) is -4.25. The topological polar surface area (TPSA) is 156 Å². The van der Waals surface area contributed by atoms with Crippen LogP contribution in [0.1, 0.15) is 107 Å². The lowest BCUT2D eigenvalue weighted by Gasteiger charge is -2.29. The van der Waals surface area contributed by atoms with Gasteiger partial charge < -0.3 is 30.3 Å². The molecule has 2 fully saturated rings. The predicted octanol–water partition coefficient (Wildman–Crippen LogP) is 10.3. The fourth-order valence-corrected chi connectivity index (χ4v) is 8.62. The molecule has 0 aromatic heterocycles. The first-order valence-electron chi connectivity index (χ1n) is 22.7. The number of likely N-dealkylation sites (tertiary alicyclic amines) is 1. The van der Waals surface area contributed by atoms with Crippen LogP contribution in [0.3, 0.4) is 0 Å². The summed E-state index contributed by atoms with van der Waals surface area (Å²) in [6.45, 7) is 13.9. The number of carbonyl (C=O) groups is 5. The first-order valence-corrected chi connectivity index (χ1v) is 22.7. The number of Topliss-reactive ketones (excluding diaryl/α,β-unsaturated/α-hetero) is 1. The third-order valence-electron chi connectivity index (χ3n) is 12.1. The summed E-state index contributed by atoms with van der Waals surface area (Å²) in [5.74, 6) is -7.03. The zero-order chi connectivity index (χ0) is 49.1. The molecule has 17 heteroatoms. The van der Waals surface area contributed by atoms with E-state index in [1.54, 1.807) is 58.6 Å². The highest BCUT2D eigenvalue weighted by Gasteiger charge is 2.61. The van der Waals surface area contributed by atoms with Crippen LogP contribution in [-0.2, 0) is 31.9 Å². The molecule has 3 aromatic carbocycles. The number of rotatable bonds is 13. The normalized spacial score (nSPS) is 19.2. The summed E-state index contributed by atoms with van der Waals surface area (Å²) >= 11 is 0. The van der Waals surface area contributed by atoms with Gasteiger partial charge >= 0.3 is 24.3 Å². The summed E-state index contributed by atoms with van der Waals surface area (Å²) in [7, 11) is 0. The van der Waals surface area contributed by atoms with E-state index in [0.717, 1.165) is 22.3 Å². The Labute approximate surface area is 387 Å². The van der Waals surface area contributed by atoms with Crippen molar-refractivity contribution in [3.05, 3.63) is 82.9 Å². The van der Waals surface area contributed by atoms with E-state index in [-0.39, 0.29) is 59.3 Å². The molecule has 1 aliphatic carbocycles. The number of benzene rings is 3. The van der Waals surface area contributed by atoms with Crippen molar-refractivity contribution >= 4 is 46.9 Å². The van der Waals surface area contributed by atoms with Gasteiger partial charge in [0, 0.05) is 61.6 Å². The van der Waals surface area contributed by atoms with Gasteiger partial charge in [0.1, 0.15) is 22.7 Å². The van der Waals surface area contributed by atoms with Crippen molar-refractivity contribution in [1.29, 1.82) is 0 Å². The van der Waals surface area contributed by atoms with Gasteiger partial charge in [-0.2, -0.15) is 22.0 Å². The second kappa shape index (κ2) is 20.2. The molecule has 0 radical (unpaired) electrons. The maximum atomic E-state index is 14.1. The summed E-state index contributed by atoms with van der Waals surface area (Å²) in [5.41, 5.74) is 1.37. The molecule has 362 valence electrons. The smallest absolute Gasteiger partial charge is 0.444 e. The minimum absolute atomic E-state index is 0.0963. The summed E-state index contributed by atoms with van der Waals surface area (Å²) in [4.78, 5) is 71.0. The molecule has 0 spiro atoms. The van der Waals surface area contributed by atoms with Crippen LogP contribution in [0.5, 0.6) is 0 Å². The van der Waals surface area contributed by atoms with E-state index in [0.29, 0.717) is 57.3 Å². The lowest BCUT2D eigenvalue weighted by Crippen LogP contribution is -2.44. The average Bonchev–Trinajstić information content (AvgIpc) is 3.89. The summed E-state index contributed by atoms with van der Waals surface area (Å²) in [5, 5.41) is 8.58. The van der Waals surface area contributed by atoms with Gasteiger partial charge in [0.25, 0.3) is 5.91 Å². The van der Waals surface area contributed by atoms with Crippen LogP contribution in [0.4, 0.5) is 42.9 Å². The molecule has 0 unspecified atom stereocenters. The standard InChI is InChI=1S/C50H60F5N5O7/c1-29-22-35(43(62)58-38-20-21-60(28-38)46(65)67-48(5,6)7)17-19-39(29)32-12-8-30(9-13-32)23-36(24-41(61)33-14-10-31(11-15-33)27-56-45(64)66-47(2,3)4)44(63)57-37-18-16-34-25-42(59-40(34)26-37)49(51,52)50(53,54)55/h8-9,12-13,16-19,22,26,31,33,36,38H,10-11,14-15,20-21,23-25,27-28H2,1-7H3,(H,56,64)(H,57,63)(H,58,62)/t31?,33?,36-,38-/m1/s1. The van der Waals surface area contributed by atoms with Crippen LogP contribution in [0, 0.1) is 24.7 Å². The molecule has 12 nitrogen and oxygen atoms in total. The van der Waals surface area contributed by atoms with Crippen LogP contribution < -0.4 is 16.0 Å². The van der Waals surface area contributed by atoms with E-state index in [9.17, 15) is 45.9 Å². The molecule has 2 heterocycles. The number of nitrogens with one attached hydrogen (secondary N) is 3. The van der Waals surface area contributed by atoms with Gasteiger partial charge in [0.05, 0.1) is 5.69 Å². The molecule has 1 saturated heterocycles. The molecule has 2 aliphatic heterocycles. The van der Waals surface area contributed by atoms with E-state index in [1.807, 2.05) is 37.3 Å². The molecule has 0 bridgehead atoms. The van der Waals surface area contributed by atoms with Crippen LogP contribution in [-0.4, -0.2) is 89.4 Å². The minimum atomic E-state index is -5.81. The molecule has 2 atom stereocenters. The minimum Gasteiger partial charge on any atom is -0.444 e. The zero-order valence-electron chi connectivity index (χ0n) is 39.0. The van der Waals surface area contributed by atoms with Crippen molar-refractivity contribution in [2.75, 3.05) is 25.0 Å². The van der Waals surface area contributed by atoms with Crippen molar-refractivity contribution in [3.63, 3.8) is 0 Å². The van der Waals surface area contributed by atoms with Crippen LogP contribution in [0.2, 0.25) is 0 Å². The van der Waals surface area contributed by atoms with Crippen molar-refractivity contribution in [3.8, 4) is 11.1 Å². The second-order valence-corrected chi connectivity index (χ2v) is 19.9. The molecule has 4 amide bonds. The monoisotopic (exact) mass is 937 g/mol. The average molecular weight is 938 g/mol. The number of hydrogen-bond donors (Lipinski definition) is 3. The van der Waals surface area contributed by atoms with Gasteiger partial charge in [-0.25, -0.2) is 9.59 Å². The number of amides is 4. The summed E-state index contributed by atoms with van der Waals surface area (Å²) in [6, 6.07) is 16.6. The number of alkyl halides is 5. The van der Waals surface area contributed by atoms with Gasteiger partial charge in [-0.15, -0.1) is 0 Å². The Kier molecular flexibility index (Phi) is 15.2. The number of ketones is 1. The molecule has 3 aliphatic rings. The first kappa shape index (κ1) is 50.5. The highest BCUT2D eigenvalue weighted by Crippen LogP contribution is 2.42. The van der Waals surface area contributed by atoms with Crippen molar-refractivity contribution in [2.45, 2.75) is 129 Å². The number of nitrogens with zero attached hydrogens (tertiary/aromatic N) is 2. The van der Waals surface area contributed by atoms with Crippen molar-refractivity contribution in [1.82, 2.24) is 15.5 Å². The van der Waals surface area contributed by atoms with Crippen LogP contribution in [0.25, 0.3) is 11.1 Å². The SMILES string of the molecule is Cc1cc(C(=O)N[C@@H]2CCN(C(=O)OC(C)(C)C)C2)ccc1-c1ccc(C[C@H](CC(=O)C2CCC(CNC(=O)OC(C)(C)C)CC2)C(=O)Nc2ccc3c(c2)N=C(C(F)(F)C(F)(F)F)C3)cc1. The number of aryl methyl sites for hydroxylation is 1. The Morgan fingerprint density at radius 3 is 2.12 bits per heavy atom. The maximum Gasteiger partial charge on any atom is 0.459 e. The largest absolute Gasteiger partial charge is 0.459 e. The fraction of sp³-hybridized carbons (Fsp3) is 0.520. The molecule has 6 rings (SSSR count). The zero-order valence-corrected chi connectivity index (χ0v) is 39.0. The van der Waals surface area contributed by atoms with Gasteiger partial charge in [-0.1, -0.05) is 36.4 Å². The van der Waals surface area contributed by atoms with E-state index in [1.165, 1.54) is 18.2 Å². The van der Waals surface area contributed by atoms with Crippen LogP contribution >= 0.6 is 0 Å². The van der Waals surface area contributed by atoms with Gasteiger partial charge in [0.15, 0.2) is 0 Å². The van der Waals surface area contributed by atoms with Crippen molar-refractivity contribution < 1.29 is 55.4 Å². The maximum absolute atomic E-state index is 14.1. The fourth-order valence-electron chi connectivity index (χ4n) is 8.62. The second-order valence-electron chi connectivity index (χ2n) is 19.9. The Bertz CT molecular complexity index is 2360. The highest BCUT2D eigenvalue weighted by atomic mass is 19.4. The molecule has 3 aromatic rings. The van der Waals surface area contributed by atoms with E-state index < -0.39 is 59.4 Å². The number of halogens is 5. The third-order valence-corrected chi connectivity index (χ3v) is 12.1. The number of ether oxygens (including phenoxy) is 2. The Morgan fingerprint density at radius 2 is 1.49 bits per heavy atom. The van der Waals surface area contributed by atoms with Crippen LogP contribution in [0.15, 0.2) is 65.7 Å². The van der Waals surface area contributed by atoms with E-state index in [4.69, 9.17) is 9.47 Å². The molecule has 3 N–H and O–H groups in total. The third kappa shape index (κ3) is 13.4.